The van der Waals surface area contributed by atoms with Crippen molar-refractivity contribution in [1.29, 1.82) is 0 Å². The van der Waals surface area contributed by atoms with Crippen LogP contribution in [0, 0.1) is 5.82 Å². The Hall–Kier alpha value is -2.76. The number of hydrogen-bond donors (Lipinski definition) is 1. The minimum absolute atomic E-state index is 0.103. The van der Waals surface area contributed by atoms with E-state index in [2.05, 4.69) is 22.4 Å². The molecule has 0 spiro atoms. The fourth-order valence-electron chi connectivity index (χ4n) is 2.21. The molecule has 0 unspecified atom stereocenters. The van der Waals surface area contributed by atoms with Crippen molar-refractivity contribution in [3.8, 4) is 17.1 Å². The molecule has 0 amide bonds. The molecule has 0 saturated carbocycles. The standard InChI is InChI=1S/C15H14FN5/c1-2-10-5-3-4-6-14(10)21-15(18-19-20-21)11-7-8-13(17)12(16)9-11/h3-9H,2,17H2,1H3. The minimum Gasteiger partial charge on any atom is -0.396 e. The molecule has 0 aliphatic carbocycles. The van der Waals surface area contributed by atoms with Crippen LogP contribution in [0.25, 0.3) is 17.1 Å². The Morgan fingerprint density at radius 2 is 2.00 bits per heavy atom. The van der Waals surface area contributed by atoms with E-state index in [1.807, 2.05) is 24.3 Å². The van der Waals surface area contributed by atoms with Crippen LogP contribution >= 0.6 is 0 Å². The number of nitrogens with two attached hydrogens (primary N) is 1. The number of para-hydroxylation sites is 1. The van der Waals surface area contributed by atoms with E-state index >= 15 is 0 Å². The van der Waals surface area contributed by atoms with Gasteiger partial charge in [-0.1, -0.05) is 25.1 Å². The zero-order valence-corrected chi connectivity index (χ0v) is 11.5. The molecule has 0 aliphatic rings. The lowest BCUT2D eigenvalue weighted by atomic mass is 10.1. The summed E-state index contributed by atoms with van der Waals surface area (Å²) in [6.45, 7) is 2.06. The van der Waals surface area contributed by atoms with E-state index in [4.69, 9.17) is 5.73 Å². The molecule has 0 radical (unpaired) electrons. The molecule has 0 atom stereocenters. The molecule has 3 rings (SSSR count). The smallest absolute Gasteiger partial charge is 0.187 e. The maximum atomic E-state index is 13.6. The van der Waals surface area contributed by atoms with E-state index < -0.39 is 5.82 Å². The fraction of sp³-hybridized carbons (Fsp3) is 0.133. The Balaban J connectivity index is 2.15. The number of benzene rings is 2. The van der Waals surface area contributed by atoms with E-state index in [9.17, 15) is 4.39 Å². The van der Waals surface area contributed by atoms with Gasteiger partial charge in [0.15, 0.2) is 5.82 Å². The Kier molecular flexibility index (Phi) is 3.35. The molecule has 1 heterocycles. The zero-order valence-electron chi connectivity index (χ0n) is 11.5. The van der Waals surface area contributed by atoms with Crippen molar-refractivity contribution in [3.63, 3.8) is 0 Å². The van der Waals surface area contributed by atoms with Gasteiger partial charge < -0.3 is 5.73 Å². The summed E-state index contributed by atoms with van der Waals surface area (Å²) in [5.41, 5.74) is 8.19. The van der Waals surface area contributed by atoms with E-state index in [1.165, 1.54) is 12.1 Å². The van der Waals surface area contributed by atoms with Crippen LogP contribution in [0.15, 0.2) is 42.5 Å². The molecule has 1 aromatic heterocycles. The van der Waals surface area contributed by atoms with Gasteiger partial charge in [-0.25, -0.2) is 4.39 Å². The number of nitrogens with zero attached hydrogens (tertiary/aromatic N) is 4. The SMILES string of the molecule is CCc1ccccc1-n1nnnc1-c1ccc(N)c(F)c1. The predicted octanol–water partition coefficient (Wildman–Crippen LogP) is 2.61. The summed E-state index contributed by atoms with van der Waals surface area (Å²) in [5, 5.41) is 11.7. The van der Waals surface area contributed by atoms with Crippen LogP contribution < -0.4 is 5.73 Å². The summed E-state index contributed by atoms with van der Waals surface area (Å²) in [6.07, 6.45) is 0.853. The predicted molar refractivity (Wildman–Crippen MR) is 78.3 cm³/mol. The van der Waals surface area contributed by atoms with Crippen molar-refractivity contribution in [1.82, 2.24) is 20.2 Å². The summed E-state index contributed by atoms with van der Waals surface area (Å²) in [4.78, 5) is 0. The minimum atomic E-state index is -0.481. The van der Waals surface area contributed by atoms with Gasteiger partial charge in [-0.15, -0.1) is 5.10 Å². The molecule has 5 nitrogen and oxygen atoms in total. The third kappa shape index (κ3) is 2.35. The van der Waals surface area contributed by atoms with Crippen LogP contribution in [-0.2, 0) is 6.42 Å². The van der Waals surface area contributed by atoms with Gasteiger partial charge in [-0.3, -0.25) is 0 Å². The molecule has 2 aromatic carbocycles. The van der Waals surface area contributed by atoms with Gasteiger partial charge in [-0.2, -0.15) is 4.68 Å². The second-order valence-electron chi connectivity index (χ2n) is 4.63. The first-order valence-corrected chi connectivity index (χ1v) is 6.62. The Bertz CT molecular complexity index is 781. The van der Waals surface area contributed by atoms with Gasteiger partial charge in [0.1, 0.15) is 5.82 Å². The molecular formula is C15H14FN5. The van der Waals surface area contributed by atoms with Crippen LogP contribution in [-0.4, -0.2) is 20.2 Å². The summed E-state index contributed by atoms with van der Waals surface area (Å²) in [7, 11) is 0. The number of halogens is 1. The van der Waals surface area contributed by atoms with Gasteiger partial charge >= 0.3 is 0 Å². The van der Waals surface area contributed by atoms with Gasteiger partial charge in [0.25, 0.3) is 0 Å². The average molecular weight is 283 g/mol. The van der Waals surface area contributed by atoms with Crippen molar-refractivity contribution in [2.75, 3.05) is 5.73 Å². The lowest BCUT2D eigenvalue weighted by Crippen LogP contribution is -2.03. The van der Waals surface area contributed by atoms with Crippen LogP contribution in [0.4, 0.5) is 10.1 Å². The zero-order chi connectivity index (χ0) is 14.8. The van der Waals surface area contributed by atoms with Crippen molar-refractivity contribution in [3.05, 3.63) is 53.8 Å². The van der Waals surface area contributed by atoms with E-state index in [0.29, 0.717) is 11.4 Å². The fourth-order valence-corrected chi connectivity index (χ4v) is 2.21. The van der Waals surface area contributed by atoms with Gasteiger partial charge in [0.05, 0.1) is 11.4 Å². The monoisotopic (exact) mass is 283 g/mol. The van der Waals surface area contributed by atoms with Crippen molar-refractivity contribution < 1.29 is 4.39 Å². The topological polar surface area (TPSA) is 69.6 Å². The quantitative estimate of drug-likeness (QED) is 0.750. The van der Waals surface area contributed by atoms with Crippen LogP contribution in [0.1, 0.15) is 12.5 Å². The van der Waals surface area contributed by atoms with Crippen molar-refractivity contribution >= 4 is 5.69 Å². The number of aryl methyl sites for hydroxylation is 1. The number of nitrogen functional groups attached to an aromatic ring is 1. The molecule has 2 N–H and O–H groups in total. The molecule has 0 bridgehead atoms. The van der Waals surface area contributed by atoms with Crippen LogP contribution in [0.2, 0.25) is 0 Å². The average Bonchev–Trinajstić information content (AvgIpc) is 2.99. The van der Waals surface area contributed by atoms with Gasteiger partial charge in [-0.05, 0) is 46.7 Å². The number of rotatable bonds is 3. The molecule has 0 aliphatic heterocycles. The Morgan fingerprint density at radius 3 is 2.76 bits per heavy atom. The molecule has 0 saturated heterocycles. The van der Waals surface area contributed by atoms with Crippen LogP contribution in [0.3, 0.4) is 0 Å². The second kappa shape index (κ2) is 5.32. The van der Waals surface area contributed by atoms with Crippen LogP contribution in [0.5, 0.6) is 0 Å². The number of aromatic nitrogens is 4. The van der Waals surface area contributed by atoms with Crippen molar-refractivity contribution in [2.45, 2.75) is 13.3 Å². The third-order valence-corrected chi connectivity index (χ3v) is 3.33. The highest BCUT2D eigenvalue weighted by atomic mass is 19.1. The third-order valence-electron chi connectivity index (χ3n) is 3.33. The van der Waals surface area contributed by atoms with E-state index in [-0.39, 0.29) is 5.69 Å². The second-order valence-corrected chi connectivity index (χ2v) is 4.63. The summed E-state index contributed by atoms with van der Waals surface area (Å²) >= 11 is 0. The van der Waals surface area contributed by atoms with E-state index in [0.717, 1.165) is 17.7 Å². The van der Waals surface area contributed by atoms with E-state index in [1.54, 1.807) is 10.7 Å². The molecular weight excluding hydrogens is 269 g/mol. The lowest BCUT2D eigenvalue weighted by molar-refractivity contribution is 0.632. The Morgan fingerprint density at radius 1 is 1.19 bits per heavy atom. The van der Waals surface area contributed by atoms with Crippen molar-refractivity contribution in [2.24, 2.45) is 0 Å². The molecule has 0 fully saturated rings. The maximum Gasteiger partial charge on any atom is 0.187 e. The highest BCUT2D eigenvalue weighted by molar-refractivity contribution is 5.61. The summed E-state index contributed by atoms with van der Waals surface area (Å²) in [6, 6.07) is 12.4. The molecule has 6 heteroatoms. The molecule has 21 heavy (non-hydrogen) atoms. The van der Waals surface area contributed by atoms with Gasteiger partial charge in [0, 0.05) is 5.56 Å². The normalized spacial score (nSPS) is 10.8. The number of anilines is 1. The number of tetrazole rings is 1. The first kappa shape index (κ1) is 13.2. The highest BCUT2D eigenvalue weighted by Gasteiger charge is 2.14. The molecule has 106 valence electrons. The lowest BCUT2D eigenvalue weighted by Gasteiger charge is -2.09. The maximum absolute atomic E-state index is 13.6. The molecule has 3 aromatic rings. The summed E-state index contributed by atoms with van der Waals surface area (Å²) < 4.78 is 15.3. The number of hydrogen-bond acceptors (Lipinski definition) is 4. The largest absolute Gasteiger partial charge is 0.396 e. The Labute approximate surface area is 121 Å². The highest BCUT2D eigenvalue weighted by Crippen LogP contribution is 2.24. The first-order valence-electron chi connectivity index (χ1n) is 6.62. The summed E-state index contributed by atoms with van der Waals surface area (Å²) in [5.74, 6) is 0.000580. The first-order chi connectivity index (χ1) is 10.2. The van der Waals surface area contributed by atoms with Gasteiger partial charge in [0.2, 0.25) is 0 Å².